The van der Waals surface area contributed by atoms with E-state index in [4.69, 9.17) is 0 Å². The van der Waals surface area contributed by atoms with Crippen molar-refractivity contribution in [2.24, 2.45) is 5.41 Å². The van der Waals surface area contributed by atoms with Gasteiger partial charge in [0, 0.05) is 18.8 Å². The molecule has 1 rings (SSSR count). The van der Waals surface area contributed by atoms with Crippen LogP contribution >= 0.6 is 0 Å². The maximum Gasteiger partial charge on any atom is 0.331 e. The Morgan fingerprint density at radius 2 is 1.94 bits per heavy atom. The molecule has 1 atom stereocenters. The molecule has 0 saturated carbocycles. The van der Waals surface area contributed by atoms with Gasteiger partial charge in [0.2, 0.25) is 0 Å². The number of rotatable bonds is 4. The molecule has 0 aromatic carbocycles. The Kier molecular flexibility index (Phi) is 4.51. The van der Waals surface area contributed by atoms with Crippen LogP contribution in [0, 0.1) is 5.41 Å². The molecule has 0 fully saturated rings. The van der Waals surface area contributed by atoms with Gasteiger partial charge in [0.05, 0.1) is 12.6 Å². The first kappa shape index (κ1) is 14.7. The molecule has 0 amide bonds. The van der Waals surface area contributed by atoms with E-state index >= 15 is 0 Å². The van der Waals surface area contributed by atoms with Crippen LogP contribution in [0.25, 0.3) is 0 Å². The predicted molar refractivity (Wildman–Crippen MR) is 70.7 cm³/mol. The maximum absolute atomic E-state index is 12.1. The van der Waals surface area contributed by atoms with Gasteiger partial charge in [-0.3, -0.25) is 9.36 Å². The van der Waals surface area contributed by atoms with E-state index in [1.165, 1.54) is 16.8 Å². The number of hydrogen-bond acceptors (Lipinski definition) is 3. The molecule has 1 heterocycles. The number of nitrogens with zero attached hydrogens (tertiary/aromatic N) is 2. The van der Waals surface area contributed by atoms with Crippen LogP contribution in [-0.4, -0.2) is 20.3 Å². The zero-order valence-electron chi connectivity index (χ0n) is 11.5. The summed E-state index contributed by atoms with van der Waals surface area (Å²) >= 11 is 0. The number of aliphatic hydroxyl groups excluding tert-OH is 1. The Balaban J connectivity index is 3.13. The van der Waals surface area contributed by atoms with Gasteiger partial charge in [-0.05, 0) is 11.8 Å². The van der Waals surface area contributed by atoms with E-state index in [1.807, 2.05) is 27.7 Å². The van der Waals surface area contributed by atoms with Crippen molar-refractivity contribution in [3.05, 3.63) is 33.1 Å². The fourth-order valence-electron chi connectivity index (χ4n) is 1.58. The molecule has 5 nitrogen and oxygen atoms in total. The molecular weight excluding hydrogens is 232 g/mol. The average Bonchev–Trinajstić information content (AvgIpc) is 2.26. The molecule has 1 aromatic heterocycles. The summed E-state index contributed by atoms with van der Waals surface area (Å²) < 4.78 is 2.60. The molecule has 0 bridgehead atoms. The van der Waals surface area contributed by atoms with Crippen LogP contribution < -0.4 is 11.2 Å². The molecule has 5 heteroatoms. The van der Waals surface area contributed by atoms with Gasteiger partial charge < -0.3 is 9.67 Å². The summed E-state index contributed by atoms with van der Waals surface area (Å²) in [5.74, 6) is 0. The highest BCUT2D eigenvalue weighted by atomic mass is 16.3. The van der Waals surface area contributed by atoms with Gasteiger partial charge in [-0.2, -0.15) is 0 Å². The molecule has 18 heavy (non-hydrogen) atoms. The van der Waals surface area contributed by atoms with E-state index in [0.717, 1.165) is 11.0 Å². The van der Waals surface area contributed by atoms with Crippen LogP contribution in [-0.2, 0) is 13.1 Å². The zero-order valence-corrected chi connectivity index (χ0v) is 11.5. The Hall–Kier alpha value is -1.36. The monoisotopic (exact) mass is 254 g/mol. The molecule has 0 aliphatic heterocycles. The van der Waals surface area contributed by atoms with Crippen LogP contribution in [0.3, 0.4) is 0 Å². The van der Waals surface area contributed by atoms with Gasteiger partial charge >= 0.3 is 5.69 Å². The van der Waals surface area contributed by atoms with Crippen LogP contribution in [0.5, 0.6) is 0 Å². The highest BCUT2D eigenvalue weighted by molar-refractivity contribution is 4.88. The van der Waals surface area contributed by atoms with Crippen molar-refractivity contribution in [3.63, 3.8) is 0 Å². The van der Waals surface area contributed by atoms with Gasteiger partial charge in [0.15, 0.2) is 0 Å². The Labute approximate surface area is 107 Å². The highest BCUT2D eigenvalue weighted by Gasteiger charge is 2.23. The van der Waals surface area contributed by atoms with Crippen LogP contribution in [0.1, 0.15) is 34.1 Å². The minimum Gasteiger partial charge on any atom is -0.391 e. The third-order valence-electron chi connectivity index (χ3n) is 2.96. The van der Waals surface area contributed by atoms with E-state index in [2.05, 4.69) is 0 Å². The van der Waals surface area contributed by atoms with Gasteiger partial charge in [-0.1, -0.05) is 27.7 Å². The van der Waals surface area contributed by atoms with Crippen molar-refractivity contribution in [1.29, 1.82) is 0 Å². The molecular formula is C13H22N2O3. The number of aromatic nitrogens is 2. The Morgan fingerprint density at radius 3 is 2.44 bits per heavy atom. The van der Waals surface area contributed by atoms with Crippen molar-refractivity contribution in [2.45, 2.75) is 53.3 Å². The molecule has 0 radical (unpaired) electrons. The third-order valence-corrected chi connectivity index (χ3v) is 2.96. The van der Waals surface area contributed by atoms with Gasteiger partial charge in [-0.15, -0.1) is 0 Å². The van der Waals surface area contributed by atoms with Crippen molar-refractivity contribution in [1.82, 2.24) is 9.13 Å². The first-order chi connectivity index (χ1) is 8.27. The first-order valence-corrected chi connectivity index (χ1v) is 6.25. The minimum absolute atomic E-state index is 0.0335. The lowest BCUT2D eigenvalue weighted by atomic mass is 9.89. The van der Waals surface area contributed by atoms with E-state index < -0.39 is 6.10 Å². The topological polar surface area (TPSA) is 64.2 Å². The fraction of sp³-hybridized carbons (Fsp3) is 0.692. The molecule has 1 N–H and O–H groups in total. The zero-order chi connectivity index (χ0) is 13.9. The van der Waals surface area contributed by atoms with Gasteiger partial charge in [0.1, 0.15) is 0 Å². The molecule has 1 aromatic rings. The van der Waals surface area contributed by atoms with Crippen LogP contribution in [0.4, 0.5) is 0 Å². The summed E-state index contributed by atoms with van der Waals surface area (Å²) in [6, 6.07) is 1.37. The Morgan fingerprint density at radius 1 is 1.33 bits per heavy atom. The Bertz CT molecular complexity index is 508. The summed E-state index contributed by atoms with van der Waals surface area (Å²) in [5.41, 5.74) is -1.08. The number of aryl methyl sites for hydroxylation is 1. The molecule has 0 spiro atoms. The number of hydrogen-bond donors (Lipinski definition) is 1. The number of aliphatic hydroxyl groups is 1. The van der Waals surface area contributed by atoms with Crippen molar-refractivity contribution in [2.75, 3.05) is 0 Å². The second kappa shape index (κ2) is 5.52. The van der Waals surface area contributed by atoms with Gasteiger partial charge in [-0.25, -0.2) is 4.79 Å². The largest absolute Gasteiger partial charge is 0.391 e. The lowest BCUT2D eigenvalue weighted by molar-refractivity contribution is 0.0457. The van der Waals surface area contributed by atoms with Crippen LogP contribution in [0.15, 0.2) is 21.9 Å². The first-order valence-electron chi connectivity index (χ1n) is 6.25. The van der Waals surface area contributed by atoms with E-state index in [1.54, 1.807) is 0 Å². The molecule has 0 saturated heterocycles. The summed E-state index contributed by atoms with van der Waals surface area (Å²) in [6.45, 7) is 8.19. The average molecular weight is 254 g/mol. The highest BCUT2D eigenvalue weighted by Crippen LogP contribution is 2.19. The van der Waals surface area contributed by atoms with Crippen molar-refractivity contribution in [3.8, 4) is 0 Å². The van der Waals surface area contributed by atoms with E-state index in [-0.39, 0.29) is 23.2 Å². The fourth-order valence-corrected chi connectivity index (χ4v) is 1.58. The third kappa shape index (κ3) is 3.32. The van der Waals surface area contributed by atoms with Crippen molar-refractivity contribution >= 4 is 0 Å². The normalized spacial score (nSPS) is 13.6. The lowest BCUT2D eigenvalue weighted by Crippen LogP contribution is -2.44. The molecule has 0 aliphatic carbocycles. The summed E-state index contributed by atoms with van der Waals surface area (Å²) in [6.07, 6.45) is 1.59. The molecule has 0 aliphatic rings. The summed E-state index contributed by atoms with van der Waals surface area (Å²) in [5, 5.41) is 10.0. The standard InChI is InChI=1S/C13H22N2O3/c1-5-7-14-8-6-11(17)15(12(14)18)9-10(16)13(2,3)4/h6,8,10,16H,5,7,9H2,1-4H3. The van der Waals surface area contributed by atoms with Crippen LogP contribution in [0.2, 0.25) is 0 Å². The molecule has 1 unspecified atom stereocenters. The maximum atomic E-state index is 12.1. The summed E-state index contributed by atoms with van der Waals surface area (Å²) in [4.78, 5) is 23.8. The summed E-state index contributed by atoms with van der Waals surface area (Å²) in [7, 11) is 0. The smallest absolute Gasteiger partial charge is 0.331 e. The second-order valence-electron chi connectivity index (χ2n) is 5.62. The van der Waals surface area contributed by atoms with E-state index in [9.17, 15) is 14.7 Å². The van der Waals surface area contributed by atoms with Crippen molar-refractivity contribution < 1.29 is 5.11 Å². The second-order valence-corrected chi connectivity index (χ2v) is 5.62. The molecule has 102 valence electrons. The van der Waals surface area contributed by atoms with Gasteiger partial charge in [0.25, 0.3) is 5.56 Å². The SMILES string of the molecule is CCCn1ccc(=O)n(CC(O)C(C)(C)C)c1=O. The quantitative estimate of drug-likeness (QED) is 0.865. The minimum atomic E-state index is -0.736. The van der Waals surface area contributed by atoms with E-state index in [0.29, 0.717) is 6.54 Å². The predicted octanol–water partition coefficient (Wildman–Crippen LogP) is 0.827. The lowest BCUT2D eigenvalue weighted by Gasteiger charge is -2.26.